The number of nitrogens with one attached hydrogen (secondary N) is 1. The van der Waals surface area contributed by atoms with Crippen molar-refractivity contribution in [3.8, 4) is 0 Å². The molecule has 104 valence electrons. The average molecular weight is 274 g/mol. The molecule has 0 aromatic heterocycles. The third-order valence-electron chi connectivity index (χ3n) is 3.04. The molecular formula is C12H22N2O3S. The molecule has 1 aliphatic rings. The number of methoxy groups -OCH3 is 1. The second kappa shape index (κ2) is 8.24. The number of hydrogen-bond acceptors (Lipinski definition) is 4. The molecule has 1 fully saturated rings. The van der Waals surface area contributed by atoms with Gasteiger partial charge in [-0.15, -0.1) is 0 Å². The molecular weight excluding hydrogens is 252 g/mol. The van der Waals surface area contributed by atoms with E-state index in [2.05, 4.69) is 5.32 Å². The summed E-state index contributed by atoms with van der Waals surface area (Å²) in [7, 11) is 1.35. The molecule has 18 heavy (non-hydrogen) atoms. The molecule has 0 aromatic rings. The van der Waals surface area contributed by atoms with Gasteiger partial charge < -0.3 is 15.0 Å². The van der Waals surface area contributed by atoms with Crippen molar-refractivity contribution in [2.75, 3.05) is 32.2 Å². The first kappa shape index (κ1) is 15.1. The fraction of sp³-hybridized carbons (Fsp3) is 0.833. The smallest absolute Gasteiger partial charge is 0.328 e. The number of ether oxygens (including phenoxy) is 1. The third-order valence-corrected chi connectivity index (χ3v) is 3.68. The van der Waals surface area contributed by atoms with Crippen LogP contribution in [0.15, 0.2) is 0 Å². The monoisotopic (exact) mass is 274 g/mol. The van der Waals surface area contributed by atoms with Gasteiger partial charge in [0.1, 0.15) is 6.04 Å². The number of amides is 2. The molecule has 0 spiro atoms. The number of piperidine rings is 1. The van der Waals surface area contributed by atoms with Crippen LogP contribution in [0.2, 0.25) is 0 Å². The van der Waals surface area contributed by atoms with Gasteiger partial charge in [-0.05, 0) is 37.7 Å². The summed E-state index contributed by atoms with van der Waals surface area (Å²) in [5, 5.41) is 2.77. The van der Waals surface area contributed by atoms with E-state index < -0.39 is 6.04 Å². The summed E-state index contributed by atoms with van der Waals surface area (Å²) in [4.78, 5) is 25.3. The number of carbonyl (C=O) groups excluding carboxylic acids is 2. The van der Waals surface area contributed by atoms with Crippen LogP contribution in [0.3, 0.4) is 0 Å². The van der Waals surface area contributed by atoms with Crippen LogP contribution in [0.25, 0.3) is 0 Å². The molecule has 0 radical (unpaired) electrons. The summed E-state index contributed by atoms with van der Waals surface area (Å²) in [6.07, 6.45) is 5.84. The van der Waals surface area contributed by atoms with Crippen molar-refractivity contribution < 1.29 is 14.3 Å². The van der Waals surface area contributed by atoms with Gasteiger partial charge in [-0.1, -0.05) is 0 Å². The molecule has 1 rings (SSSR count). The minimum Gasteiger partial charge on any atom is -0.467 e. The van der Waals surface area contributed by atoms with E-state index in [1.54, 1.807) is 16.7 Å². The van der Waals surface area contributed by atoms with E-state index in [9.17, 15) is 9.59 Å². The molecule has 1 N–H and O–H groups in total. The Hall–Kier alpha value is -0.910. The maximum atomic E-state index is 12.0. The van der Waals surface area contributed by atoms with E-state index >= 15 is 0 Å². The van der Waals surface area contributed by atoms with Crippen molar-refractivity contribution in [3.05, 3.63) is 0 Å². The van der Waals surface area contributed by atoms with Crippen molar-refractivity contribution in [2.24, 2.45) is 0 Å². The summed E-state index contributed by atoms with van der Waals surface area (Å²) < 4.78 is 4.72. The number of esters is 1. The molecule has 1 saturated heterocycles. The number of hydrogen-bond donors (Lipinski definition) is 1. The minimum absolute atomic E-state index is 0.147. The predicted molar refractivity (Wildman–Crippen MR) is 72.8 cm³/mol. The maximum Gasteiger partial charge on any atom is 0.328 e. The number of nitrogens with zero attached hydrogens (tertiary/aromatic N) is 1. The number of likely N-dealkylation sites (tertiary alicyclic amines) is 1. The lowest BCUT2D eigenvalue weighted by Crippen LogP contribution is -2.49. The molecule has 2 amide bonds. The fourth-order valence-electron chi connectivity index (χ4n) is 1.96. The Balaban J connectivity index is 2.47. The summed E-state index contributed by atoms with van der Waals surface area (Å²) in [5.41, 5.74) is 0. The molecule has 1 unspecified atom stereocenters. The Kier molecular flexibility index (Phi) is 6.93. The number of carbonyl (C=O) groups is 2. The molecule has 1 atom stereocenters. The highest BCUT2D eigenvalue weighted by Crippen LogP contribution is 2.09. The van der Waals surface area contributed by atoms with Gasteiger partial charge in [0.2, 0.25) is 0 Å². The predicted octanol–water partition coefficient (Wildman–Crippen LogP) is 1.48. The number of rotatable bonds is 5. The van der Waals surface area contributed by atoms with Crippen molar-refractivity contribution in [1.29, 1.82) is 0 Å². The Morgan fingerprint density at radius 2 is 2.00 bits per heavy atom. The summed E-state index contributed by atoms with van der Waals surface area (Å²) in [5.74, 6) is 0.453. The lowest BCUT2D eigenvalue weighted by molar-refractivity contribution is -0.142. The third kappa shape index (κ3) is 4.76. The zero-order valence-corrected chi connectivity index (χ0v) is 11.9. The minimum atomic E-state index is -0.531. The lowest BCUT2D eigenvalue weighted by atomic mass is 10.1. The zero-order chi connectivity index (χ0) is 13.4. The van der Waals surface area contributed by atoms with Gasteiger partial charge in [0.15, 0.2) is 0 Å². The van der Waals surface area contributed by atoms with E-state index in [0.717, 1.165) is 31.7 Å². The first-order chi connectivity index (χ1) is 8.69. The molecule has 0 aromatic carbocycles. The Morgan fingerprint density at radius 1 is 1.33 bits per heavy atom. The summed E-state index contributed by atoms with van der Waals surface area (Å²) >= 11 is 1.65. The molecule has 1 heterocycles. The molecule has 0 bridgehead atoms. The van der Waals surface area contributed by atoms with E-state index in [1.807, 2.05) is 6.26 Å². The van der Waals surface area contributed by atoms with E-state index in [-0.39, 0.29) is 12.0 Å². The molecule has 5 nitrogen and oxygen atoms in total. The Labute approximate surface area is 113 Å². The van der Waals surface area contributed by atoms with Crippen molar-refractivity contribution in [3.63, 3.8) is 0 Å². The van der Waals surface area contributed by atoms with Crippen LogP contribution in [-0.4, -0.2) is 55.2 Å². The van der Waals surface area contributed by atoms with Gasteiger partial charge in [0, 0.05) is 13.1 Å². The topological polar surface area (TPSA) is 58.6 Å². The number of urea groups is 1. The SMILES string of the molecule is COC(=O)C(CCSC)NC(=O)N1CCCCC1. The van der Waals surface area contributed by atoms with Crippen LogP contribution in [0, 0.1) is 0 Å². The largest absolute Gasteiger partial charge is 0.467 e. The standard InChI is InChI=1S/C12H22N2O3S/c1-17-11(15)10(6-9-18-2)13-12(16)14-7-4-3-5-8-14/h10H,3-9H2,1-2H3,(H,13,16). The Bertz CT molecular complexity index is 280. The van der Waals surface area contributed by atoms with E-state index in [1.165, 1.54) is 13.5 Å². The zero-order valence-electron chi connectivity index (χ0n) is 11.1. The van der Waals surface area contributed by atoms with Gasteiger partial charge in [-0.2, -0.15) is 11.8 Å². The molecule has 6 heteroatoms. The van der Waals surface area contributed by atoms with Gasteiger partial charge in [0.05, 0.1) is 7.11 Å². The van der Waals surface area contributed by atoms with Crippen molar-refractivity contribution in [1.82, 2.24) is 10.2 Å². The lowest BCUT2D eigenvalue weighted by Gasteiger charge is -2.28. The first-order valence-electron chi connectivity index (χ1n) is 6.31. The molecule has 1 aliphatic heterocycles. The van der Waals surface area contributed by atoms with Crippen molar-refractivity contribution in [2.45, 2.75) is 31.7 Å². The van der Waals surface area contributed by atoms with E-state index in [0.29, 0.717) is 6.42 Å². The molecule has 0 aliphatic carbocycles. The maximum absolute atomic E-state index is 12.0. The van der Waals surface area contributed by atoms with Crippen LogP contribution < -0.4 is 5.32 Å². The van der Waals surface area contributed by atoms with Gasteiger partial charge in [-0.3, -0.25) is 0 Å². The summed E-state index contributed by atoms with van der Waals surface area (Å²) in [6.45, 7) is 1.56. The van der Waals surface area contributed by atoms with Crippen LogP contribution in [0.5, 0.6) is 0 Å². The van der Waals surface area contributed by atoms with Crippen LogP contribution >= 0.6 is 11.8 Å². The van der Waals surface area contributed by atoms with Crippen LogP contribution in [0.1, 0.15) is 25.7 Å². The highest BCUT2D eigenvalue weighted by Gasteiger charge is 2.24. The highest BCUT2D eigenvalue weighted by molar-refractivity contribution is 7.98. The van der Waals surface area contributed by atoms with E-state index in [4.69, 9.17) is 4.74 Å². The van der Waals surface area contributed by atoms with Crippen molar-refractivity contribution >= 4 is 23.8 Å². The normalized spacial score (nSPS) is 17.1. The van der Waals surface area contributed by atoms with Gasteiger partial charge in [-0.25, -0.2) is 9.59 Å². The van der Waals surface area contributed by atoms with Gasteiger partial charge in [0.25, 0.3) is 0 Å². The van der Waals surface area contributed by atoms with Crippen LogP contribution in [0.4, 0.5) is 4.79 Å². The highest BCUT2D eigenvalue weighted by atomic mass is 32.2. The number of thioether (sulfide) groups is 1. The Morgan fingerprint density at radius 3 is 2.56 bits per heavy atom. The first-order valence-corrected chi connectivity index (χ1v) is 7.70. The molecule has 0 saturated carbocycles. The average Bonchev–Trinajstić information content (AvgIpc) is 2.43. The second-order valence-corrected chi connectivity index (χ2v) is 5.34. The summed E-state index contributed by atoms with van der Waals surface area (Å²) in [6, 6.07) is -0.678. The quantitative estimate of drug-likeness (QED) is 0.771. The van der Waals surface area contributed by atoms with Gasteiger partial charge >= 0.3 is 12.0 Å². The fourth-order valence-corrected chi connectivity index (χ4v) is 2.44. The van der Waals surface area contributed by atoms with Crippen LogP contribution in [-0.2, 0) is 9.53 Å². The second-order valence-electron chi connectivity index (χ2n) is 4.35.